The van der Waals surface area contributed by atoms with Gasteiger partial charge in [0.1, 0.15) is 0 Å². The second kappa shape index (κ2) is 8.86. The number of piperazine rings is 1. The summed E-state index contributed by atoms with van der Waals surface area (Å²) in [5.74, 6) is -0.124. The molecule has 3 rings (SSSR count). The van der Waals surface area contributed by atoms with Gasteiger partial charge >= 0.3 is 6.18 Å². The van der Waals surface area contributed by atoms with E-state index in [0.29, 0.717) is 26.2 Å². The zero-order valence-electron chi connectivity index (χ0n) is 14.8. The van der Waals surface area contributed by atoms with Crippen molar-refractivity contribution in [3.63, 3.8) is 0 Å². The minimum Gasteiger partial charge on any atom is -0.343 e. The van der Waals surface area contributed by atoms with Crippen LogP contribution in [0, 0.1) is 0 Å². The van der Waals surface area contributed by atoms with Gasteiger partial charge in [-0.1, -0.05) is 36.4 Å². The number of amides is 1. The van der Waals surface area contributed by atoms with Crippen LogP contribution in [0.4, 0.5) is 13.2 Å². The van der Waals surface area contributed by atoms with Crippen LogP contribution >= 0.6 is 11.3 Å². The Morgan fingerprint density at radius 2 is 1.70 bits per heavy atom. The van der Waals surface area contributed by atoms with Crippen molar-refractivity contribution in [1.29, 1.82) is 0 Å². The summed E-state index contributed by atoms with van der Waals surface area (Å²) in [4.78, 5) is 16.9. The molecular formula is C19H22F3N3OS. The molecule has 1 fully saturated rings. The number of carbonyl (C=O) groups excluding carboxylic acids is 1. The molecule has 1 N–H and O–H groups in total. The highest BCUT2D eigenvalue weighted by Crippen LogP contribution is 2.26. The molecule has 1 unspecified atom stereocenters. The van der Waals surface area contributed by atoms with Crippen LogP contribution in [0.5, 0.6) is 0 Å². The van der Waals surface area contributed by atoms with Crippen LogP contribution in [0.1, 0.15) is 16.5 Å². The maximum atomic E-state index is 12.6. The Hall–Kier alpha value is -1.90. The highest BCUT2D eigenvalue weighted by Gasteiger charge is 2.32. The molecule has 1 aliphatic heterocycles. The molecule has 1 aliphatic rings. The topological polar surface area (TPSA) is 35.6 Å². The largest absolute Gasteiger partial charge is 0.401 e. The third-order valence-corrected chi connectivity index (χ3v) is 5.44. The number of nitrogens with zero attached hydrogens (tertiary/aromatic N) is 2. The number of carbonyl (C=O) groups is 1. The first-order valence-electron chi connectivity index (χ1n) is 8.80. The number of thiophene rings is 1. The molecule has 0 saturated carbocycles. The summed E-state index contributed by atoms with van der Waals surface area (Å²) in [7, 11) is 0. The molecule has 4 nitrogen and oxygen atoms in total. The van der Waals surface area contributed by atoms with E-state index in [4.69, 9.17) is 0 Å². The van der Waals surface area contributed by atoms with Crippen molar-refractivity contribution in [2.45, 2.75) is 12.2 Å². The first-order valence-corrected chi connectivity index (χ1v) is 9.68. The van der Waals surface area contributed by atoms with Crippen molar-refractivity contribution in [2.75, 3.05) is 39.3 Å². The highest BCUT2D eigenvalue weighted by molar-refractivity contribution is 7.10. The minimum atomic E-state index is -4.18. The molecule has 2 heterocycles. The zero-order valence-corrected chi connectivity index (χ0v) is 15.6. The second-order valence-corrected chi connectivity index (χ2v) is 7.57. The van der Waals surface area contributed by atoms with E-state index in [0.717, 1.165) is 10.4 Å². The van der Waals surface area contributed by atoms with E-state index in [-0.39, 0.29) is 18.5 Å². The normalized spacial score (nSPS) is 17.6. The average Bonchev–Trinajstić information content (AvgIpc) is 3.15. The number of halogens is 3. The lowest BCUT2D eigenvalue weighted by Gasteiger charge is -2.34. The molecule has 1 saturated heterocycles. The van der Waals surface area contributed by atoms with E-state index in [1.165, 1.54) is 4.90 Å². The van der Waals surface area contributed by atoms with E-state index >= 15 is 0 Å². The number of benzene rings is 1. The van der Waals surface area contributed by atoms with Crippen LogP contribution in [0.3, 0.4) is 0 Å². The fourth-order valence-corrected chi connectivity index (χ4v) is 3.99. The lowest BCUT2D eigenvalue weighted by molar-refractivity contribution is -0.150. The van der Waals surface area contributed by atoms with E-state index in [1.54, 1.807) is 11.3 Å². The van der Waals surface area contributed by atoms with Gasteiger partial charge in [-0.25, -0.2) is 0 Å². The van der Waals surface area contributed by atoms with E-state index in [2.05, 4.69) is 5.32 Å². The number of hydrogen-bond acceptors (Lipinski definition) is 4. The van der Waals surface area contributed by atoms with Crippen molar-refractivity contribution in [3.05, 3.63) is 58.3 Å². The highest BCUT2D eigenvalue weighted by atomic mass is 32.1. The van der Waals surface area contributed by atoms with Crippen molar-refractivity contribution in [2.24, 2.45) is 0 Å². The van der Waals surface area contributed by atoms with Gasteiger partial charge in [0.05, 0.1) is 19.1 Å². The van der Waals surface area contributed by atoms with Crippen molar-refractivity contribution >= 4 is 17.2 Å². The van der Waals surface area contributed by atoms with Gasteiger partial charge in [0.15, 0.2) is 0 Å². The molecule has 1 atom stereocenters. The predicted molar refractivity (Wildman–Crippen MR) is 99.7 cm³/mol. The lowest BCUT2D eigenvalue weighted by atomic mass is 10.1. The summed E-state index contributed by atoms with van der Waals surface area (Å²) in [5.41, 5.74) is 1.00. The smallest absolute Gasteiger partial charge is 0.343 e. The first kappa shape index (κ1) is 19.9. The van der Waals surface area contributed by atoms with Gasteiger partial charge in [0, 0.05) is 31.1 Å². The van der Waals surface area contributed by atoms with Gasteiger partial charge in [-0.2, -0.15) is 13.2 Å². The van der Waals surface area contributed by atoms with Crippen LogP contribution in [-0.4, -0.2) is 61.2 Å². The van der Waals surface area contributed by atoms with Gasteiger partial charge in [-0.05, 0) is 17.0 Å². The summed E-state index contributed by atoms with van der Waals surface area (Å²) in [5, 5.41) is 5.04. The molecule has 0 radical (unpaired) electrons. The Labute approximate surface area is 160 Å². The Morgan fingerprint density at radius 3 is 2.30 bits per heavy atom. The van der Waals surface area contributed by atoms with Gasteiger partial charge in [0.2, 0.25) is 5.91 Å². The molecule has 0 spiro atoms. The van der Waals surface area contributed by atoms with Crippen molar-refractivity contribution in [1.82, 2.24) is 15.1 Å². The Morgan fingerprint density at radius 1 is 1.04 bits per heavy atom. The maximum Gasteiger partial charge on any atom is 0.401 e. The van der Waals surface area contributed by atoms with E-state index in [1.807, 2.05) is 52.7 Å². The van der Waals surface area contributed by atoms with E-state index < -0.39 is 12.7 Å². The van der Waals surface area contributed by atoms with Crippen LogP contribution in [-0.2, 0) is 4.79 Å². The quantitative estimate of drug-likeness (QED) is 0.814. The predicted octanol–water partition coefficient (Wildman–Crippen LogP) is 3.13. The fraction of sp³-hybridized carbons (Fsp3) is 0.421. The summed E-state index contributed by atoms with van der Waals surface area (Å²) in [6, 6.07) is 13.5. The van der Waals surface area contributed by atoms with Crippen LogP contribution < -0.4 is 5.32 Å². The number of alkyl halides is 3. The zero-order chi connectivity index (χ0) is 19.3. The molecule has 2 aromatic rings. The van der Waals surface area contributed by atoms with Crippen LogP contribution in [0.2, 0.25) is 0 Å². The van der Waals surface area contributed by atoms with Gasteiger partial charge in [0.25, 0.3) is 0 Å². The maximum absolute atomic E-state index is 12.6. The standard InChI is InChI=1S/C19H22F3N3OS/c20-19(21,22)14-25-10-8-24(9-11-25)13-17(26)23-18(16-7-4-12-27-16)15-5-2-1-3-6-15/h1-7,12,18H,8-11,13-14H2,(H,23,26). The number of hydrogen-bond donors (Lipinski definition) is 1. The molecule has 27 heavy (non-hydrogen) atoms. The van der Waals surface area contributed by atoms with Crippen molar-refractivity contribution < 1.29 is 18.0 Å². The minimum absolute atomic E-state index is 0.124. The molecule has 0 aliphatic carbocycles. The molecule has 1 aromatic heterocycles. The molecule has 0 bridgehead atoms. The van der Waals surface area contributed by atoms with E-state index in [9.17, 15) is 18.0 Å². The molecule has 1 amide bonds. The van der Waals surface area contributed by atoms with Crippen molar-refractivity contribution in [3.8, 4) is 0 Å². The molecule has 146 valence electrons. The molecule has 8 heteroatoms. The lowest BCUT2D eigenvalue weighted by Crippen LogP contribution is -2.51. The monoisotopic (exact) mass is 397 g/mol. The molecule has 1 aromatic carbocycles. The van der Waals surface area contributed by atoms with Crippen LogP contribution in [0.25, 0.3) is 0 Å². The third kappa shape index (κ3) is 6.05. The Kier molecular flexibility index (Phi) is 6.51. The summed E-state index contributed by atoms with van der Waals surface area (Å²) in [6.07, 6.45) is -4.18. The van der Waals surface area contributed by atoms with Gasteiger partial charge in [-0.3, -0.25) is 14.6 Å². The second-order valence-electron chi connectivity index (χ2n) is 6.59. The number of nitrogens with one attached hydrogen (secondary N) is 1. The summed E-state index contributed by atoms with van der Waals surface area (Å²) >= 11 is 1.58. The fourth-order valence-electron chi connectivity index (χ4n) is 3.19. The van der Waals surface area contributed by atoms with Crippen LogP contribution in [0.15, 0.2) is 47.8 Å². The molecular weight excluding hydrogens is 375 g/mol. The first-order chi connectivity index (χ1) is 12.9. The van der Waals surface area contributed by atoms with Gasteiger partial charge < -0.3 is 5.32 Å². The average molecular weight is 397 g/mol. The SMILES string of the molecule is O=C(CN1CCN(CC(F)(F)F)CC1)NC(c1ccccc1)c1cccs1. The Balaban J connectivity index is 1.55. The summed E-state index contributed by atoms with van der Waals surface area (Å²) in [6.45, 7) is 0.854. The van der Waals surface area contributed by atoms with Gasteiger partial charge in [-0.15, -0.1) is 11.3 Å². The summed E-state index contributed by atoms with van der Waals surface area (Å²) < 4.78 is 37.4. The third-order valence-electron chi connectivity index (χ3n) is 4.50. The Bertz CT molecular complexity index is 714. The number of rotatable bonds is 6.